The summed E-state index contributed by atoms with van der Waals surface area (Å²) in [4.78, 5) is 0. The van der Waals surface area contributed by atoms with Gasteiger partial charge in [0.25, 0.3) is 0 Å². The van der Waals surface area contributed by atoms with Crippen molar-refractivity contribution in [1.29, 1.82) is 0 Å². The van der Waals surface area contributed by atoms with Crippen molar-refractivity contribution in [2.45, 2.75) is 31.3 Å². The number of hydrogen-bond acceptors (Lipinski definition) is 4. The van der Waals surface area contributed by atoms with Crippen molar-refractivity contribution in [3.63, 3.8) is 0 Å². The number of benzene rings is 1. The molecule has 4 nitrogen and oxygen atoms in total. The van der Waals surface area contributed by atoms with Gasteiger partial charge in [0.1, 0.15) is 0 Å². The van der Waals surface area contributed by atoms with Crippen LogP contribution in [0.15, 0.2) is 18.2 Å². The maximum absolute atomic E-state index is 5.77. The van der Waals surface area contributed by atoms with E-state index in [0.29, 0.717) is 12.1 Å². The number of hydrogen-bond donors (Lipinski definition) is 2. The summed E-state index contributed by atoms with van der Waals surface area (Å²) in [5.74, 6) is 1.75. The molecule has 0 radical (unpaired) electrons. The van der Waals surface area contributed by atoms with E-state index in [1.807, 2.05) is 13.1 Å². The van der Waals surface area contributed by atoms with Crippen LogP contribution in [0.25, 0.3) is 0 Å². The molecule has 2 aliphatic heterocycles. The summed E-state index contributed by atoms with van der Waals surface area (Å²) in [6, 6.07) is 7.15. The predicted molar refractivity (Wildman–Crippen MR) is 74.9 cm³/mol. The van der Waals surface area contributed by atoms with E-state index in [1.54, 1.807) is 0 Å². The van der Waals surface area contributed by atoms with E-state index in [4.69, 9.17) is 9.47 Å². The molecule has 104 valence electrons. The largest absolute Gasteiger partial charge is 0.490 e. The standard InChI is InChI=1S/C15H22N2O2/c1-16-15(12-4-2-7-17-12)11-5-6-13-14(10-11)19-9-3-8-18-13/h5-6,10,12,15-17H,2-4,7-9H2,1H3. The molecule has 3 rings (SSSR count). The zero-order valence-electron chi connectivity index (χ0n) is 11.4. The zero-order valence-corrected chi connectivity index (χ0v) is 11.4. The van der Waals surface area contributed by atoms with Crippen LogP contribution in [0.1, 0.15) is 30.9 Å². The van der Waals surface area contributed by atoms with Gasteiger partial charge in [0.2, 0.25) is 0 Å². The van der Waals surface area contributed by atoms with Gasteiger partial charge < -0.3 is 20.1 Å². The molecule has 0 amide bonds. The monoisotopic (exact) mass is 262 g/mol. The molecule has 4 heteroatoms. The molecular weight excluding hydrogens is 240 g/mol. The Morgan fingerprint density at radius 1 is 1.21 bits per heavy atom. The average Bonchev–Trinajstić information content (AvgIpc) is 2.85. The molecular formula is C15H22N2O2. The molecule has 1 aromatic carbocycles. The Bertz CT molecular complexity index is 430. The van der Waals surface area contributed by atoms with E-state index in [2.05, 4.69) is 22.8 Å². The van der Waals surface area contributed by atoms with Crippen LogP contribution in [0.4, 0.5) is 0 Å². The van der Waals surface area contributed by atoms with E-state index in [9.17, 15) is 0 Å². The quantitative estimate of drug-likeness (QED) is 0.872. The van der Waals surface area contributed by atoms with Crippen LogP contribution in [0.2, 0.25) is 0 Å². The Kier molecular flexibility index (Phi) is 3.89. The molecule has 2 aliphatic rings. The van der Waals surface area contributed by atoms with Crippen molar-refractivity contribution in [3.05, 3.63) is 23.8 Å². The lowest BCUT2D eigenvalue weighted by Gasteiger charge is -2.24. The lowest BCUT2D eigenvalue weighted by Crippen LogP contribution is -2.36. The van der Waals surface area contributed by atoms with Crippen LogP contribution >= 0.6 is 0 Å². The molecule has 2 heterocycles. The van der Waals surface area contributed by atoms with Gasteiger partial charge in [-0.05, 0) is 44.1 Å². The number of likely N-dealkylation sites (N-methyl/N-ethyl adjacent to an activating group) is 1. The molecule has 0 saturated carbocycles. The minimum absolute atomic E-state index is 0.333. The first kappa shape index (κ1) is 12.8. The fourth-order valence-corrected chi connectivity index (χ4v) is 2.97. The average molecular weight is 262 g/mol. The summed E-state index contributed by atoms with van der Waals surface area (Å²) in [5, 5.41) is 6.99. The van der Waals surface area contributed by atoms with Crippen molar-refractivity contribution < 1.29 is 9.47 Å². The Morgan fingerprint density at radius 2 is 2.05 bits per heavy atom. The third-order valence-corrected chi connectivity index (χ3v) is 3.94. The molecule has 0 aromatic heterocycles. The summed E-state index contributed by atoms with van der Waals surface area (Å²) in [6.45, 7) is 2.60. The summed E-state index contributed by atoms with van der Waals surface area (Å²) < 4.78 is 11.5. The molecule has 1 saturated heterocycles. The Balaban J connectivity index is 1.85. The zero-order chi connectivity index (χ0) is 13.1. The number of fused-ring (bicyclic) bond motifs is 1. The van der Waals surface area contributed by atoms with Crippen LogP contribution in [0, 0.1) is 0 Å². The highest BCUT2D eigenvalue weighted by molar-refractivity contribution is 5.44. The SMILES string of the molecule is CNC(c1ccc2c(c1)OCCCO2)C1CCCN1. The van der Waals surface area contributed by atoms with Crippen molar-refractivity contribution in [2.75, 3.05) is 26.8 Å². The van der Waals surface area contributed by atoms with Gasteiger partial charge in [0, 0.05) is 18.5 Å². The molecule has 2 N–H and O–H groups in total. The minimum atomic E-state index is 0.333. The van der Waals surface area contributed by atoms with Crippen LogP contribution in [-0.4, -0.2) is 32.8 Å². The van der Waals surface area contributed by atoms with E-state index in [-0.39, 0.29) is 0 Å². The van der Waals surface area contributed by atoms with Crippen molar-refractivity contribution in [2.24, 2.45) is 0 Å². The highest BCUT2D eigenvalue weighted by Gasteiger charge is 2.25. The fraction of sp³-hybridized carbons (Fsp3) is 0.600. The number of ether oxygens (including phenoxy) is 2. The summed E-state index contributed by atoms with van der Waals surface area (Å²) >= 11 is 0. The third-order valence-electron chi connectivity index (χ3n) is 3.94. The Hall–Kier alpha value is -1.26. The second kappa shape index (κ2) is 5.80. The van der Waals surface area contributed by atoms with E-state index in [1.165, 1.54) is 18.4 Å². The van der Waals surface area contributed by atoms with E-state index < -0.39 is 0 Å². The van der Waals surface area contributed by atoms with E-state index in [0.717, 1.165) is 37.7 Å². The minimum Gasteiger partial charge on any atom is -0.490 e. The van der Waals surface area contributed by atoms with Gasteiger partial charge in [-0.3, -0.25) is 0 Å². The molecule has 1 aromatic rings. The maximum Gasteiger partial charge on any atom is 0.161 e. The highest BCUT2D eigenvalue weighted by Crippen LogP contribution is 2.33. The van der Waals surface area contributed by atoms with Gasteiger partial charge in [-0.1, -0.05) is 6.07 Å². The van der Waals surface area contributed by atoms with Crippen LogP contribution < -0.4 is 20.1 Å². The van der Waals surface area contributed by atoms with Crippen molar-refractivity contribution >= 4 is 0 Å². The molecule has 2 atom stereocenters. The van der Waals surface area contributed by atoms with Gasteiger partial charge >= 0.3 is 0 Å². The second-order valence-electron chi connectivity index (χ2n) is 5.23. The van der Waals surface area contributed by atoms with Gasteiger partial charge in [-0.15, -0.1) is 0 Å². The van der Waals surface area contributed by atoms with Gasteiger partial charge in [0.05, 0.1) is 13.2 Å². The highest BCUT2D eigenvalue weighted by atomic mass is 16.5. The van der Waals surface area contributed by atoms with Crippen molar-refractivity contribution in [3.8, 4) is 11.5 Å². The molecule has 1 fully saturated rings. The first-order valence-electron chi connectivity index (χ1n) is 7.18. The Morgan fingerprint density at radius 3 is 2.79 bits per heavy atom. The first-order valence-corrected chi connectivity index (χ1v) is 7.18. The molecule has 0 aliphatic carbocycles. The molecule has 19 heavy (non-hydrogen) atoms. The maximum atomic E-state index is 5.77. The molecule has 0 bridgehead atoms. The number of nitrogens with one attached hydrogen (secondary N) is 2. The molecule has 2 unspecified atom stereocenters. The fourth-order valence-electron chi connectivity index (χ4n) is 2.97. The first-order chi connectivity index (χ1) is 9.38. The van der Waals surface area contributed by atoms with Crippen molar-refractivity contribution in [1.82, 2.24) is 10.6 Å². The van der Waals surface area contributed by atoms with E-state index >= 15 is 0 Å². The van der Waals surface area contributed by atoms with Crippen LogP contribution in [0.3, 0.4) is 0 Å². The molecule has 0 spiro atoms. The third kappa shape index (κ3) is 2.69. The summed E-state index contributed by atoms with van der Waals surface area (Å²) in [5.41, 5.74) is 1.27. The summed E-state index contributed by atoms with van der Waals surface area (Å²) in [7, 11) is 2.02. The van der Waals surface area contributed by atoms with Gasteiger partial charge in [-0.2, -0.15) is 0 Å². The normalized spacial score (nSPS) is 23.9. The predicted octanol–water partition coefficient (Wildman–Crippen LogP) is 1.86. The van der Waals surface area contributed by atoms with Crippen LogP contribution in [-0.2, 0) is 0 Å². The lowest BCUT2D eigenvalue weighted by molar-refractivity contribution is 0.297. The number of rotatable bonds is 3. The van der Waals surface area contributed by atoms with Gasteiger partial charge in [-0.25, -0.2) is 0 Å². The Labute approximate surface area is 114 Å². The van der Waals surface area contributed by atoms with Gasteiger partial charge in [0.15, 0.2) is 11.5 Å². The second-order valence-corrected chi connectivity index (χ2v) is 5.23. The lowest BCUT2D eigenvalue weighted by atomic mass is 9.98. The van der Waals surface area contributed by atoms with Crippen LogP contribution in [0.5, 0.6) is 11.5 Å². The summed E-state index contributed by atoms with van der Waals surface area (Å²) in [6.07, 6.45) is 3.43. The smallest absolute Gasteiger partial charge is 0.161 e. The topological polar surface area (TPSA) is 42.5 Å².